The number of morpholine rings is 1. The van der Waals surface area contributed by atoms with Crippen LogP contribution in [-0.4, -0.2) is 37.0 Å². The molecule has 1 heterocycles. The van der Waals surface area contributed by atoms with Crippen molar-refractivity contribution in [1.29, 1.82) is 0 Å². The predicted molar refractivity (Wildman–Crippen MR) is 116 cm³/mol. The Morgan fingerprint density at radius 1 is 1.07 bits per heavy atom. The molecule has 1 unspecified atom stereocenters. The second kappa shape index (κ2) is 9.05. The van der Waals surface area contributed by atoms with Crippen LogP contribution in [0.4, 0.5) is 0 Å². The van der Waals surface area contributed by atoms with Gasteiger partial charge in [0.1, 0.15) is 12.2 Å². The Labute approximate surface area is 182 Å². The van der Waals surface area contributed by atoms with Gasteiger partial charge in [0.25, 0.3) is 5.91 Å². The molecule has 4 rings (SSSR count). The molecule has 1 aliphatic heterocycles. The van der Waals surface area contributed by atoms with Crippen LogP contribution in [0.15, 0.2) is 48.5 Å². The van der Waals surface area contributed by atoms with Gasteiger partial charge in [-0.3, -0.25) is 4.79 Å². The molecule has 29 heavy (non-hydrogen) atoms. The van der Waals surface area contributed by atoms with E-state index in [1.165, 1.54) is 12.8 Å². The first-order chi connectivity index (χ1) is 14.1. The zero-order valence-corrected chi connectivity index (χ0v) is 18.0. The normalized spacial score (nSPS) is 24.7. The molecule has 1 N–H and O–H groups in total. The van der Waals surface area contributed by atoms with Crippen molar-refractivity contribution < 1.29 is 9.53 Å². The lowest BCUT2D eigenvalue weighted by atomic mass is 9.91. The third-order valence-corrected chi connectivity index (χ3v) is 6.18. The van der Waals surface area contributed by atoms with Gasteiger partial charge in [-0.1, -0.05) is 47.5 Å². The van der Waals surface area contributed by atoms with Gasteiger partial charge < -0.3 is 15.0 Å². The van der Waals surface area contributed by atoms with E-state index < -0.39 is 6.10 Å². The lowest BCUT2D eigenvalue weighted by molar-refractivity contribution is -0.175. The maximum absolute atomic E-state index is 13.4. The average Bonchev–Trinajstić information content (AvgIpc) is 3.53. The molecule has 1 amide bonds. The Morgan fingerprint density at radius 3 is 2.48 bits per heavy atom. The van der Waals surface area contributed by atoms with Gasteiger partial charge in [0.2, 0.25) is 0 Å². The fraction of sp³-hybridized carbons (Fsp3) is 0.435. The maximum atomic E-state index is 13.4. The third-order valence-electron chi connectivity index (χ3n) is 5.69. The van der Waals surface area contributed by atoms with Crippen LogP contribution in [0, 0.1) is 5.92 Å². The monoisotopic (exact) mass is 432 g/mol. The van der Waals surface area contributed by atoms with Crippen LogP contribution in [0.3, 0.4) is 0 Å². The molecular formula is C23H26Cl2N2O2. The summed E-state index contributed by atoms with van der Waals surface area (Å²) in [4.78, 5) is 15.4. The van der Waals surface area contributed by atoms with Crippen molar-refractivity contribution in [3.8, 4) is 0 Å². The Morgan fingerprint density at radius 2 is 1.83 bits per heavy atom. The topological polar surface area (TPSA) is 41.6 Å². The summed E-state index contributed by atoms with van der Waals surface area (Å²) in [5.41, 5.74) is 2.01. The SMILES string of the molecule is CNCC[C@H]1O[C@H](c2cccc(Cl)c2)C(c2ccc(Cl)cc2)N(CC2CC2)C1=O. The quantitative estimate of drug-likeness (QED) is 0.667. The van der Waals surface area contributed by atoms with Crippen molar-refractivity contribution in [2.45, 2.75) is 37.5 Å². The fourth-order valence-corrected chi connectivity index (χ4v) is 4.33. The standard InChI is InChI=1S/C23H26Cl2N2O2/c1-26-12-11-20-23(28)27(14-15-5-6-15)21(16-7-9-18(24)10-8-16)22(29-20)17-3-2-4-19(25)13-17/h2-4,7-10,13,15,20-22,26H,5-6,11-12,14H2,1H3/t20-,21?,22-/m1/s1. The number of amides is 1. The molecule has 0 spiro atoms. The van der Waals surface area contributed by atoms with E-state index in [1.54, 1.807) is 0 Å². The fourth-order valence-electron chi connectivity index (χ4n) is 4.00. The number of carbonyl (C=O) groups excluding carboxylic acids is 1. The van der Waals surface area contributed by atoms with Crippen LogP contribution >= 0.6 is 23.2 Å². The lowest BCUT2D eigenvalue weighted by Gasteiger charge is -2.45. The largest absolute Gasteiger partial charge is 0.358 e. The highest BCUT2D eigenvalue weighted by Crippen LogP contribution is 2.45. The molecule has 1 saturated heterocycles. The first kappa shape index (κ1) is 20.7. The smallest absolute Gasteiger partial charge is 0.252 e. The summed E-state index contributed by atoms with van der Waals surface area (Å²) in [6.45, 7) is 1.49. The maximum Gasteiger partial charge on any atom is 0.252 e. The number of halogens is 2. The Bertz CT molecular complexity index is 854. The van der Waals surface area contributed by atoms with E-state index in [9.17, 15) is 4.79 Å². The summed E-state index contributed by atoms with van der Waals surface area (Å²) in [6, 6.07) is 15.3. The first-order valence-electron chi connectivity index (χ1n) is 10.2. The summed E-state index contributed by atoms with van der Waals surface area (Å²) in [5.74, 6) is 0.655. The van der Waals surface area contributed by atoms with E-state index in [1.807, 2.05) is 60.5 Å². The number of nitrogens with zero attached hydrogens (tertiary/aromatic N) is 1. The molecule has 3 atom stereocenters. The first-order valence-corrected chi connectivity index (χ1v) is 10.9. The highest BCUT2D eigenvalue weighted by Gasteiger charge is 2.45. The third kappa shape index (κ3) is 4.77. The number of hydrogen-bond acceptors (Lipinski definition) is 3. The second-order valence-corrected chi connectivity index (χ2v) is 8.80. The highest BCUT2D eigenvalue weighted by molar-refractivity contribution is 6.30. The number of carbonyl (C=O) groups is 1. The highest BCUT2D eigenvalue weighted by atomic mass is 35.5. The Balaban J connectivity index is 1.75. The summed E-state index contributed by atoms with van der Waals surface area (Å²) in [7, 11) is 1.89. The minimum Gasteiger partial charge on any atom is -0.358 e. The second-order valence-electron chi connectivity index (χ2n) is 7.92. The zero-order valence-electron chi connectivity index (χ0n) is 16.5. The number of hydrogen-bond donors (Lipinski definition) is 1. The lowest BCUT2D eigenvalue weighted by Crippen LogP contribution is -2.52. The molecule has 0 radical (unpaired) electrons. The van der Waals surface area contributed by atoms with E-state index in [2.05, 4.69) is 5.32 Å². The predicted octanol–water partition coefficient (Wildman–Crippen LogP) is 5.02. The van der Waals surface area contributed by atoms with Crippen molar-refractivity contribution >= 4 is 29.1 Å². The average molecular weight is 433 g/mol. The van der Waals surface area contributed by atoms with Crippen LogP contribution in [0.2, 0.25) is 10.0 Å². The van der Waals surface area contributed by atoms with Crippen LogP contribution in [0.5, 0.6) is 0 Å². The van der Waals surface area contributed by atoms with Crippen molar-refractivity contribution in [1.82, 2.24) is 10.2 Å². The van der Waals surface area contributed by atoms with Gasteiger partial charge in [-0.2, -0.15) is 0 Å². The van der Waals surface area contributed by atoms with Gasteiger partial charge in [-0.15, -0.1) is 0 Å². The molecule has 6 heteroatoms. The number of rotatable bonds is 7. The van der Waals surface area contributed by atoms with Crippen molar-refractivity contribution in [3.05, 3.63) is 69.7 Å². The van der Waals surface area contributed by atoms with Crippen molar-refractivity contribution in [2.24, 2.45) is 5.92 Å². The molecule has 0 bridgehead atoms. The van der Waals surface area contributed by atoms with E-state index in [-0.39, 0.29) is 18.1 Å². The molecule has 1 saturated carbocycles. The van der Waals surface area contributed by atoms with E-state index in [4.69, 9.17) is 27.9 Å². The summed E-state index contributed by atoms with van der Waals surface area (Å²) >= 11 is 12.4. The molecule has 4 nitrogen and oxygen atoms in total. The summed E-state index contributed by atoms with van der Waals surface area (Å²) in [6.07, 6.45) is 2.25. The molecule has 2 fully saturated rings. The van der Waals surface area contributed by atoms with E-state index in [0.29, 0.717) is 22.4 Å². The molecular weight excluding hydrogens is 407 g/mol. The number of nitrogens with one attached hydrogen (secondary N) is 1. The molecule has 0 aromatic heterocycles. The molecule has 2 aromatic carbocycles. The van der Waals surface area contributed by atoms with Crippen molar-refractivity contribution in [3.63, 3.8) is 0 Å². The van der Waals surface area contributed by atoms with Gasteiger partial charge in [-0.25, -0.2) is 0 Å². The van der Waals surface area contributed by atoms with Gasteiger partial charge in [0.15, 0.2) is 0 Å². The van der Waals surface area contributed by atoms with Gasteiger partial charge in [0.05, 0.1) is 6.04 Å². The van der Waals surface area contributed by atoms with Gasteiger partial charge in [-0.05, 0) is 74.2 Å². The van der Waals surface area contributed by atoms with Gasteiger partial charge >= 0.3 is 0 Å². The van der Waals surface area contributed by atoms with Crippen molar-refractivity contribution in [2.75, 3.05) is 20.1 Å². The Kier molecular flexibility index (Phi) is 6.45. The zero-order chi connectivity index (χ0) is 20.4. The Hall–Kier alpha value is -1.59. The number of benzene rings is 2. The minimum atomic E-state index is -0.464. The molecule has 2 aliphatic rings. The van der Waals surface area contributed by atoms with Crippen LogP contribution < -0.4 is 5.32 Å². The summed E-state index contributed by atoms with van der Waals surface area (Å²) in [5, 5.41) is 4.47. The van der Waals surface area contributed by atoms with Gasteiger partial charge in [0, 0.05) is 16.6 Å². The minimum absolute atomic E-state index is 0.0744. The van der Waals surface area contributed by atoms with Crippen LogP contribution in [-0.2, 0) is 9.53 Å². The molecule has 1 aliphatic carbocycles. The van der Waals surface area contributed by atoms with Crippen LogP contribution in [0.1, 0.15) is 42.5 Å². The molecule has 2 aromatic rings. The number of ether oxygens (including phenoxy) is 1. The van der Waals surface area contributed by atoms with E-state index >= 15 is 0 Å². The molecule has 154 valence electrons. The van der Waals surface area contributed by atoms with E-state index in [0.717, 1.165) is 24.2 Å². The summed E-state index contributed by atoms with van der Waals surface area (Å²) < 4.78 is 6.45. The van der Waals surface area contributed by atoms with Crippen LogP contribution in [0.25, 0.3) is 0 Å².